The Bertz CT molecular complexity index is 796. The monoisotopic (exact) mass is 300 g/mol. The summed E-state index contributed by atoms with van der Waals surface area (Å²) in [6.07, 6.45) is 14.9. The van der Waals surface area contributed by atoms with Crippen molar-refractivity contribution in [3.63, 3.8) is 0 Å². The van der Waals surface area contributed by atoms with Gasteiger partial charge in [-0.1, -0.05) is 59.3 Å². The van der Waals surface area contributed by atoms with Crippen LogP contribution in [0, 0.1) is 12.3 Å². The highest BCUT2D eigenvalue weighted by Gasteiger charge is 2.24. The molecule has 0 N–H and O–H groups in total. The van der Waals surface area contributed by atoms with Gasteiger partial charge in [-0.25, -0.2) is 11.6 Å². The molecule has 0 atom stereocenters. The van der Waals surface area contributed by atoms with E-state index in [9.17, 15) is 0 Å². The minimum absolute atomic E-state index is 0.338. The molecule has 0 aromatic heterocycles. The lowest BCUT2D eigenvalue weighted by molar-refractivity contribution is 1.28. The zero-order valence-corrected chi connectivity index (χ0v) is 13.5. The second-order valence-corrected chi connectivity index (χ2v) is 6.34. The molecule has 1 aliphatic rings. The van der Waals surface area contributed by atoms with Crippen LogP contribution in [0.15, 0.2) is 49.1 Å². The third kappa shape index (κ3) is 2.65. The Labute approximate surface area is 137 Å². The first-order chi connectivity index (χ1) is 10.8. The Hall–Kier alpha value is -2.11. The van der Waals surface area contributed by atoms with Crippen LogP contribution in [0.25, 0.3) is 12.2 Å². The van der Waals surface area contributed by atoms with E-state index in [1.54, 1.807) is 0 Å². The number of hydrogen-bond donors (Lipinski definition) is 0. The van der Waals surface area contributed by atoms with Crippen molar-refractivity contribution < 1.29 is 0 Å². The van der Waals surface area contributed by atoms with Gasteiger partial charge in [0.2, 0.25) is 0 Å². The van der Waals surface area contributed by atoms with Crippen LogP contribution in [0.5, 0.6) is 0 Å². The molecule has 0 nitrogen and oxygen atoms in total. The third-order valence-corrected chi connectivity index (χ3v) is 5.01. The van der Waals surface area contributed by atoms with Gasteiger partial charge in [-0.15, -0.1) is 13.0 Å². The molecular formula is C20H17BS. The highest BCUT2D eigenvalue weighted by molar-refractivity contribution is 8.27. The van der Waals surface area contributed by atoms with E-state index in [-0.39, 0.29) is 0 Å². The number of terminal acetylenes is 1. The van der Waals surface area contributed by atoms with Gasteiger partial charge < -0.3 is 0 Å². The molecule has 1 aliphatic heterocycles. The minimum Gasteiger partial charge on any atom is -0.200 e. The lowest BCUT2D eigenvalue weighted by atomic mass is 9.59. The second kappa shape index (κ2) is 6.34. The van der Waals surface area contributed by atoms with Crippen molar-refractivity contribution in [2.45, 2.75) is 6.42 Å². The van der Waals surface area contributed by atoms with E-state index in [0.29, 0.717) is 5.99 Å². The Morgan fingerprint density at radius 3 is 2.45 bits per heavy atom. The fourth-order valence-corrected chi connectivity index (χ4v) is 3.89. The maximum Gasteiger partial charge on any atom is 0.275 e. The van der Waals surface area contributed by atoms with Gasteiger partial charge in [0, 0.05) is 5.56 Å². The Kier molecular flexibility index (Phi) is 4.27. The Morgan fingerprint density at radius 1 is 1.14 bits per heavy atom. The van der Waals surface area contributed by atoms with Crippen molar-refractivity contribution in [3.05, 3.63) is 71.3 Å². The summed E-state index contributed by atoms with van der Waals surface area (Å²) in [6.45, 7) is 3.83. The molecule has 22 heavy (non-hydrogen) atoms. The first-order valence-corrected chi connectivity index (χ1v) is 8.60. The smallest absolute Gasteiger partial charge is 0.200 e. The molecule has 0 unspecified atom stereocenters. The van der Waals surface area contributed by atoms with Crippen molar-refractivity contribution in [2.75, 3.05) is 6.26 Å². The Balaban J connectivity index is 2.16. The van der Waals surface area contributed by atoms with Crippen molar-refractivity contribution in [1.29, 1.82) is 0 Å². The largest absolute Gasteiger partial charge is 0.275 e. The summed E-state index contributed by atoms with van der Waals surface area (Å²) in [7, 11) is 0. The van der Waals surface area contributed by atoms with Gasteiger partial charge in [-0.3, -0.25) is 0 Å². The van der Waals surface area contributed by atoms with Crippen LogP contribution in [0.4, 0.5) is 0 Å². The van der Waals surface area contributed by atoms with Crippen molar-refractivity contribution in [2.24, 2.45) is 0 Å². The summed E-state index contributed by atoms with van der Waals surface area (Å²) in [4.78, 5) is 0. The van der Waals surface area contributed by atoms with Crippen LogP contribution in [-0.4, -0.2) is 12.2 Å². The van der Waals surface area contributed by atoms with E-state index < -0.39 is 0 Å². The van der Waals surface area contributed by atoms with Crippen LogP contribution < -0.4 is 10.9 Å². The molecule has 0 radical (unpaired) electrons. The van der Waals surface area contributed by atoms with E-state index in [4.69, 9.17) is 6.42 Å². The fraction of sp³-hybridized carbons (Fsp3) is 0.100. The maximum atomic E-state index is 5.54. The van der Waals surface area contributed by atoms with Gasteiger partial charge in [0.25, 0.3) is 5.99 Å². The number of allylic oxidation sites excluding steroid dienone is 1. The van der Waals surface area contributed by atoms with E-state index in [1.807, 2.05) is 23.8 Å². The number of hydrogen-bond acceptors (Lipinski definition) is 1. The quantitative estimate of drug-likeness (QED) is 0.476. The SMILES string of the molecule is C#Cc1ccc2c(c1)C=Cc1cc(CC=C)ccc1B2SC. The van der Waals surface area contributed by atoms with Crippen molar-refractivity contribution in [1.82, 2.24) is 0 Å². The fourth-order valence-electron chi connectivity index (χ4n) is 2.95. The van der Waals surface area contributed by atoms with Crippen LogP contribution in [0.3, 0.4) is 0 Å². The first-order valence-electron chi connectivity index (χ1n) is 7.32. The molecule has 0 fully saturated rings. The summed E-state index contributed by atoms with van der Waals surface area (Å²) in [6, 6.07) is 13.0. The van der Waals surface area contributed by atoms with E-state index in [1.165, 1.54) is 27.6 Å². The normalized spacial score (nSPS) is 12.1. The number of rotatable bonds is 3. The molecule has 0 aliphatic carbocycles. The van der Waals surface area contributed by atoms with Gasteiger partial charge in [0.05, 0.1) is 0 Å². The minimum atomic E-state index is 0.338. The van der Waals surface area contributed by atoms with Crippen LogP contribution in [0.1, 0.15) is 22.3 Å². The van der Waals surface area contributed by atoms with Gasteiger partial charge in [0.1, 0.15) is 0 Å². The average molecular weight is 300 g/mol. The molecule has 2 aromatic carbocycles. The van der Waals surface area contributed by atoms with Crippen molar-refractivity contribution in [3.8, 4) is 12.3 Å². The van der Waals surface area contributed by atoms with E-state index in [0.717, 1.165) is 12.0 Å². The summed E-state index contributed by atoms with van der Waals surface area (Å²) in [5.74, 6) is 3.06. The summed E-state index contributed by atoms with van der Waals surface area (Å²) in [5, 5.41) is 0. The molecule has 2 aromatic rings. The molecule has 3 rings (SSSR count). The molecule has 0 saturated heterocycles. The average Bonchev–Trinajstić information content (AvgIpc) is 2.70. The van der Waals surface area contributed by atoms with E-state index in [2.05, 4.69) is 61.2 Å². The van der Waals surface area contributed by atoms with Crippen LogP contribution in [-0.2, 0) is 6.42 Å². The molecular weight excluding hydrogens is 283 g/mol. The van der Waals surface area contributed by atoms with Gasteiger partial charge in [-0.05, 0) is 41.5 Å². The van der Waals surface area contributed by atoms with Crippen LogP contribution in [0.2, 0.25) is 0 Å². The van der Waals surface area contributed by atoms with Crippen LogP contribution >= 0.6 is 11.6 Å². The maximum absolute atomic E-state index is 5.54. The van der Waals surface area contributed by atoms with Gasteiger partial charge >= 0.3 is 0 Å². The predicted molar refractivity (Wildman–Crippen MR) is 102 cm³/mol. The molecule has 0 bridgehead atoms. The zero-order valence-electron chi connectivity index (χ0n) is 12.7. The third-order valence-electron chi connectivity index (χ3n) is 4.03. The number of benzene rings is 2. The van der Waals surface area contributed by atoms with Crippen molar-refractivity contribution >= 4 is 40.7 Å². The highest BCUT2D eigenvalue weighted by Crippen LogP contribution is 2.19. The highest BCUT2D eigenvalue weighted by atomic mass is 32.2. The molecule has 2 heteroatoms. The first kappa shape index (κ1) is 14.8. The molecule has 0 spiro atoms. The Morgan fingerprint density at radius 2 is 1.82 bits per heavy atom. The lowest BCUT2D eigenvalue weighted by Crippen LogP contribution is -2.41. The van der Waals surface area contributed by atoms with Gasteiger partial charge in [-0.2, -0.15) is 0 Å². The summed E-state index contributed by atoms with van der Waals surface area (Å²) >= 11 is 1.87. The topological polar surface area (TPSA) is 0 Å². The molecule has 0 amide bonds. The molecule has 106 valence electrons. The standard InChI is InChI=1S/C20H17BS/c1-4-6-16-8-12-20-18(14-16)10-9-17-13-15(5-2)7-11-19(17)21(20)22-3/h2,4,7-14H,1,6H2,3H3. The molecule has 0 saturated carbocycles. The lowest BCUT2D eigenvalue weighted by Gasteiger charge is -2.15. The predicted octanol–water partition coefficient (Wildman–Crippen LogP) is 3.35. The van der Waals surface area contributed by atoms with Gasteiger partial charge in [0.15, 0.2) is 0 Å². The summed E-state index contributed by atoms with van der Waals surface area (Å²) < 4.78 is 0. The second-order valence-electron chi connectivity index (χ2n) is 5.39. The number of fused-ring (bicyclic) bond motifs is 2. The van der Waals surface area contributed by atoms with E-state index >= 15 is 0 Å². The zero-order chi connectivity index (χ0) is 15.5. The molecule has 1 heterocycles. The summed E-state index contributed by atoms with van der Waals surface area (Å²) in [5.41, 5.74) is 7.44.